The molecule has 1 aromatic rings. The molecule has 1 aliphatic heterocycles. The van der Waals surface area contributed by atoms with Crippen molar-refractivity contribution in [3.63, 3.8) is 0 Å². The summed E-state index contributed by atoms with van der Waals surface area (Å²) < 4.78 is 0. The van der Waals surface area contributed by atoms with Crippen molar-refractivity contribution in [1.82, 2.24) is 4.90 Å². The summed E-state index contributed by atoms with van der Waals surface area (Å²) in [6, 6.07) is 3.30. The summed E-state index contributed by atoms with van der Waals surface area (Å²) in [7, 11) is 0. The molecule has 3 heteroatoms. The lowest BCUT2D eigenvalue weighted by Gasteiger charge is -2.43. The Bertz CT molecular complexity index is 361. The number of piperidine rings is 1. The molecule has 0 amide bonds. The number of aryl methyl sites for hydroxylation is 1. The van der Waals surface area contributed by atoms with Gasteiger partial charge in [0.1, 0.15) is 0 Å². The maximum atomic E-state index is 5.98. The monoisotopic (exact) mass is 252 g/mol. The number of nitrogens with two attached hydrogens (primary N) is 1. The van der Waals surface area contributed by atoms with Gasteiger partial charge in [-0.1, -0.05) is 6.92 Å². The van der Waals surface area contributed by atoms with Gasteiger partial charge in [-0.15, -0.1) is 11.3 Å². The molecule has 1 aliphatic rings. The van der Waals surface area contributed by atoms with E-state index in [1.807, 2.05) is 11.3 Å². The average Bonchev–Trinajstić information content (AvgIpc) is 2.74. The van der Waals surface area contributed by atoms with Gasteiger partial charge in [0.25, 0.3) is 0 Å². The van der Waals surface area contributed by atoms with Crippen LogP contribution < -0.4 is 5.73 Å². The third-order valence-electron chi connectivity index (χ3n) is 4.18. The number of hydrogen-bond acceptors (Lipinski definition) is 3. The van der Waals surface area contributed by atoms with Crippen LogP contribution in [0, 0.1) is 12.8 Å². The van der Waals surface area contributed by atoms with Crippen LogP contribution in [0.25, 0.3) is 0 Å². The Kier molecular flexibility index (Phi) is 4.23. The number of hydrogen-bond donors (Lipinski definition) is 1. The van der Waals surface area contributed by atoms with Crippen LogP contribution in [0.4, 0.5) is 0 Å². The molecule has 1 saturated heterocycles. The molecule has 2 N–H and O–H groups in total. The molecule has 1 fully saturated rings. The first-order valence-electron chi connectivity index (χ1n) is 6.65. The molecule has 2 rings (SSSR count). The third-order valence-corrected chi connectivity index (χ3v) is 5.37. The lowest BCUT2D eigenvalue weighted by molar-refractivity contribution is 0.0701. The molecule has 0 radical (unpaired) electrons. The van der Waals surface area contributed by atoms with E-state index in [1.165, 1.54) is 29.8 Å². The predicted molar refractivity (Wildman–Crippen MR) is 75.4 cm³/mol. The van der Waals surface area contributed by atoms with Crippen LogP contribution in [-0.4, -0.2) is 24.0 Å². The van der Waals surface area contributed by atoms with E-state index in [0.717, 1.165) is 12.5 Å². The van der Waals surface area contributed by atoms with Gasteiger partial charge >= 0.3 is 0 Å². The Balaban J connectivity index is 2.17. The summed E-state index contributed by atoms with van der Waals surface area (Å²) in [4.78, 5) is 4.13. The van der Waals surface area contributed by atoms with Gasteiger partial charge < -0.3 is 5.73 Å². The Labute approximate surface area is 109 Å². The quantitative estimate of drug-likeness (QED) is 0.895. The minimum Gasteiger partial charge on any atom is -0.329 e. The second kappa shape index (κ2) is 5.51. The highest BCUT2D eigenvalue weighted by atomic mass is 32.1. The fourth-order valence-corrected chi connectivity index (χ4v) is 4.10. The number of likely N-dealkylation sites (tertiary alicyclic amines) is 1. The minimum absolute atomic E-state index is 0.520. The van der Waals surface area contributed by atoms with Crippen LogP contribution in [0.5, 0.6) is 0 Å². The SMILES string of the molecule is Cc1ccsc1C(C)N1CCCC(C)C1CN. The van der Waals surface area contributed by atoms with E-state index < -0.39 is 0 Å². The van der Waals surface area contributed by atoms with Crippen LogP contribution in [0.1, 0.15) is 43.2 Å². The van der Waals surface area contributed by atoms with E-state index in [9.17, 15) is 0 Å². The summed E-state index contributed by atoms with van der Waals surface area (Å²) in [6.07, 6.45) is 2.64. The van der Waals surface area contributed by atoms with Crippen molar-refractivity contribution in [3.8, 4) is 0 Å². The van der Waals surface area contributed by atoms with Gasteiger partial charge in [-0.2, -0.15) is 0 Å². The Hall–Kier alpha value is -0.380. The van der Waals surface area contributed by atoms with Crippen LogP contribution in [-0.2, 0) is 0 Å². The first kappa shape index (κ1) is 13.1. The molecule has 17 heavy (non-hydrogen) atoms. The summed E-state index contributed by atoms with van der Waals surface area (Å²) >= 11 is 1.88. The molecule has 0 bridgehead atoms. The fraction of sp³-hybridized carbons (Fsp3) is 0.714. The molecule has 0 spiro atoms. The second-order valence-corrected chi connectivity index (χ2v) is 6.25. The van der Waals surface area contributed by atoms with Crippen molar-refractivity contribution in [2.24, 2.45) is 11.7 Å². The van der Waals surface area contributed by atoms with Crippen molar-refractivity contribution in [2.75, 3.05) is 13.1 Å². The van der Waals surface area contributed by atoms with Gasteiger partial charge in [0.15, 0.2) is 0 Å². The maximum Gasteiger partial charge on any atom is 0.0419 e. The number of nitrogens with zero attached hydrogens (tertiary/aromatic N) is 1. The predicted octanol–water partition coefficient (Wildman–Crippen LogP) is 3.18. The lowest BCUT2D eigenvalue weighted by Crippen LogP contribution is -2.49. The van der Waals surface area contributed by atoms with E-state index in [-0.39, 0.29) is 0 Å². The zero-order valence-corrected chi connectivity index (χ0v) is 12.0. The second-order valence-electron chi connectivity index (χ2n) is 5.30. The zero-order chi connectivity index (χ0) is 12.4. The maximum absolute atomic E-state index is 5.98. The van der Waals surface area contributed by atoms with Gasteiger partial charge in [0, 0.05) is 23.5 Å². The third kappa shape index (κ3) is 2.56. The summed E-state index contributed by atoms with van der Waals surface area (Å²) in [6.45, 7) is 8.88. The fourth-order valence-electron chi connectivity index (χ4n) is 3.09. The van der Waals surface area contributed by atoms with Gasteiger partial charge in [-0.25, -0.2) is 0 Å². The van der Waals surface area contributed by atoms with Crippen LogP contribution in [0.3, 0.4) is 0 Å². The summed E-state index contributed by atoms with van der Waals surface area (Å²) in [5.41, 5.74) is 7.40. The van der Waals surface area contributed by atoms with E-state index in [0.29, 0.717) is 12.1 Å². The highest BCUT2D eigenvalue weighted by molar-refractivity contribution is 7.10. The smallest absolute Gasteiger partial charge is 0.0419 e. The van der Waals surface area contributed by atoms with Gasteiger partial charge in [-0.05, 0) is 56.2 Å². The standard InChI is InChI=1S/C14H24N2S/c1-10-5-4-7-16(13(10)9-15)12(3)14-11(2)6-8-17-14/h6,8,10,12-13H,4-5,7,9,15H2,1-3H3. The summed E-state index contributed by atoms with van der Waals surface area (Å²) in [5.74, 6) is 0.733. The van der Waals surface area contributed by atoms with Crippen molar-refractivity contribution >= 4 is 11.3 Å². The van der Waals surface area contributed by atoms with Gasteiger partial charge in [0.05, 0.1) is 0 Å². The van der Waals surface area contributed by atoms with Crippen molar-refractivity contribution in [2.45, 2.75) is 45.7 Å². The summed E-state index contributed by atoms with van der Waals surface area (Å²) in [5, 5.41) is 2.20. The Morgan fingerprint density at radius 1 is 1.59 bits per heavy atom. The van der Waals surface area contributed by atoms with Gasteiger partial charge in [0.2, 0.25) is 0 Å². The molecule has 2 heterocycles. The van der Waals surface area contributed by atoms with Crippen LogP contribution in [0.2, 0.25) is 0 Å². The van der Waals surface area contributed by atoms with Crippen LogP contribution in [0.15, 0.2) is 11.4 Å². The topological polar surface area (TPSA) is 29.3 Å². The Morgan fingerprint density at radius 2 is 2.35 bits per heavy atom. The molecular formula is C14H24N2S. The molecule has 96 valence electrons. The highest BCUT2D eigenvalue weighted by Gasteiger charge is 2.31. The normalized spacial score (nSPS) is 28.2. The van der Waals surface area contributed by atoms with Crippen molar-refractivity contribution in [3.05, 3.63) is 21.9 Å². The van der Waals surface area contributed by atoms with Crippen molar-refractivity contribution in [1.29, 1.82) is 0 Å². The van der Waals surface area contributed by atoms with E-state index in [4.69, 9.17) is 5.73 Å². The first-order chi connectivity index (χ1) is 8.15. The molecular weight excluding hydrogens is 228 g/mol. The molecule has 0 aliphatic carbocycles. The van der Waals surface area contributed by atoms with E-state index in [1.54, 1.807) is 0 Å². The van der Waals surface area contributed by atoms with Crippen molar-refractivity contribution < 1.29 is 0 Å². The first-order valence-corrected chi connectivity index (χ1v) is 7.53. The molecule has 0 aromatic carbocycles. The lowest BCUT2D eigenvalue weighted by atomic mass is 9.89. The zero-order valence-electron chi connectivity index (χ0n) is 11.1. The Morgan fingerprint density at radius 3 is 2.94 bits per heavy atom. The molecule has 3 atom stereocenters. The largest absolute Gasteiger partial charge is 0.329 e. The van der Waals surface area contributed by atoms with E-state index in [2.05, 4.69) is 37.1 Å². The van der Waals surface area contributed by atoms with Crippen LogP contribution >= 0.6 is 11.3 Å². The average molecular weight is 252 g/mol. The molecule has 2 nitrogen and oxygen atoms in total. The molecule has 1 aromatic heterocycles. The number of rotatable bonds is 3. The molecule has 3 unspecified atom stereocenters. The minimum atomic E-state index is 0.520. The highest BCUT2D eigenvalue weighted by Crippen LogP contribution is 2.34. The molecule has 0 saturated carbocycles. The van der Waals surface area contributed by atoms with E-state index >= 15 is 0 Å². The van der Waals surface area contributed by atoms with Gasteiger partial charge in [-0.3, -0.25) is 4.90 Å². The number of thiophene rings is 1.